The normalized spacial score (nSPS) is 28.2. The quantitative estimate of drug-likeness (QED) is 0.515. The van der Waals surface area contributed by atoms with E-state index in [4.69, 9.17) is 0 Å². The molecule has 4 atom stereocenters. The van der Waals surface area contributed by atoms with Gasteiger partial charge in [-0.05, 0) is 36.3 Å². The molecule has 27 heavy (non-hydrogen) atoms. The van der Waals surface area contributed by atoms with E-state index in [1.54, 1.807) is 0 Å². The van der Waals surface area contributed by atoms with Gasteiger partial charge in [-0.15, -0.1) is 0 Å². The Balaban J connectivity index is 1.56. The molecular formula is C23H18BrNO2. The maximum Gasteiger partial charge on any atom is 0.238 e. The van der Waals surface area contributed by atoms with Crippen LogP contribution in [0.3, 0.4) is 0 Å². The summed E-state index contributed by atoms with van der Waals surface area (Å²) in [7, 11) is 0. The summed E-state index contributed by atoms with van der Waals surface area (Å²) in [4.78, 5) is 27.9. The topological polar surface area (TPSA) is 37.4 Å². The van der Waals surface area contributed by atoms with Gasteiger partial charge in [0.15, 0.2) is 0 Å². The minimum absolute atomic E-state index is 0.0220. The Kier molecular flexibility index (Phi) is 3.73. The highest BCUT2D eigenvalue weighted by atomic mass is 79.9. The van der Waals surface area contributed by atoms with Crippen LogP contribution in [0.1, 0.15) is 12.5 Å². The van der Waals surface area contributed by atoms with Crippen molar-refractivity contribution in [3.05, 3.63) is 82.4 Å². The van der Waals surface area contributed by atoms with E-state index in [0.717, 1.165) is 10.0 Å². The first-order chi connectivity index (χ1) is 13.1. The monoisotopic (exact) mass is 419 g/mol. The van der Waals surface area contributed by atoms with Gasteiger partial charge < -0.3 is 0 Å². The molecule has 0 spiro atoms. The Labute approximate surface area is 166 Å². The zero-order chi connectivity index (χ0) is 18.7. The SMILES string of the molecule is CC(=C1[C@H]2C=C[C@H]1[C@@H]1C(=O)N(c3cccc(Br)c3)C(=O)[C@H]12)c1ccccc1. The van der Waals surface area contributed by atoms with E-state index in [-0.39, 0.29) is 35.5 Å². The first-order valence-corrected chi connectivity index (χ1v) is 9.95. The van der Waals surface area contributed by atoms with Gasteiger partial charge in [0.1, 0.15) is 0 Å². The number of allylic oxidation sites excluding steroid dienone is 4. The lowest BCUT2D eigenvalue weighted by Gasteiger charge is -2.20. The van der Waals surface area contributed by atoms with Gasteiger partial charge in [0.2, 0.25) is 11.8 Å². The van der Waals surface area contributed by atoms with E-state index in [1.807, 2.05) is 42.5 Å². The minimum Gasteiger partial charge on any atom is -0.274 e. The van der Waals surface area contributed by atoms with Crippen molar-refractivity contribution in [3.8, 4) is 0 Å². The Hall–Kier alpha value is -2.46. The Morgan fingerprint density at radius 3 is 2.11 bits per heavy atom. The molecule has 2 aliphatic carbocycles. The Morgan fingerprint density at radius 2 is 1.52 bits per heavy atom. The molecule has 1 saturated heterocycles. The van der Waals surface area contributed by atoms with Gasteiger partial charge in [0.25, 0.3) is 0 Å². The van der Waals surface area contributed by atoms with Crippen molar-refractivity contribution in [2.75, 3.05) is 4.90 Å². The highest BCUT2D eigenvalue weighted by Gasteiger charge is 2.62. The van der Waals surface area contributed by atoms with E-state index >= 15 is 0 Å². The smallest absolute Gasteiger partial charge is 0.238 e. The van der Waals surface area contributed by atoms with Gasteiger partial charge >= 0.3 is 0 Å². The molecule has 2 aromatic carbocycles. The lowest BCUT2D eigenvalue weighted by Crippen LogP contribution is -2.33. The lowest BCUT2D eigenvalue weighted by molar-refractivity contribution is -0.122. The summed E-state index contributed by atoms with van der Waals surface area (Å²) in [5, 5.41) is 0. The van der Waals surface area contributed by atoms with E-state index in [1.165, 1.54) is 16.0 Å². The maximum absolute atomic E-state index is 13.2. The summed E-state index contributed by atoms with van der Waals surface area (Å²) in [6, 6.07) is 17.6. The second-order valence-corrected chi connectivity index (χ2v) is 8.34. The molecule has 1 heterocycles. The van der Waals surface area contributed by atoms with Crippen molar-refractivity contribution in [3.63, 3.8) is 0 Å². The average molecular weight is 420 g/mol. The van der Waals surface area contributed by atoms with Crippen molar-refractivity contribution >= 4 is 39.0 Å². The number of carbonyl (C=O) groups is 2. The third-order valence-electron chi connectivity index (χ3n) is 6.12. The van der Waals surface area contributed by atoms with Gasteiger partial charge in [-0.25, -0.2) is 4.90 Å². The second-order valence-electron chi connectivity index (χ2n) is 7.43. The number of anilines is 1. The van der Waals surface area contributed by atoms with Crippen LogP contribution in [-0.4, -0.2) is 11.8 Å². The number of imide groups is 1. The molecule has 5 rings (SSSR count). The lowest BCUT2D eigenvalue weighted by atomic mass is 9.85. The van der Waals surface area contributed by atoms with Crippen LogP contribution in [0.15, 0.2) is 76.8 Å². The van der Waals surface area contributed by atoms with Crippen LogP contribution in [0.4, 0.5) is 5.69 Å². The summed E-state index contributed by atoms with van der Waals surface area (Å²) in [5.74, 6) is -0.653. The number of nitrogens with zero attached hydrogens (tertiary/aromatic N) is 1. The molecule has 1 saturated carbocycles. The molecule has 134 valence electrons. The number of amides is 2. The molecule has 1 aliphatic heterocycles. The van der Waals surface area contributed by atoms with E-state index in [0.29, 0.717) is 5.69 Å². The van der Waals surface area contributed by atoms with Crippen molar-refractivity contribution in [1.29, 1.82) is 0 Å². The third kappa shape index (κ3) is 2.32. The summed E-state index contributed by atoms with van der Waals surface area (Å²) in [6.07, 6.45) is 4.26. The molecule has 4 heteroatoms. The van der Waals surface area contributed by atoms with E-state index in [9.17, 15) is 9.59 Å². The Morgan fingerprint density at radius 1 is 0.889 bits per heavy atom. The number of hydrogen-bond donors (Lipinski definition) is 0. The van der Waals surface area contributed by atoms with Gasteiger partial charge in [0.05, 0.1) is 17.5 Å². The van der Waals surface area contributed by atoms with Crippen molar-refractivity contribution in [1.82, 2.24) is 0 Å². The summed E-state index contributed by atoms with van der Waals surface area (Å²) in [6.45, 7) is 2.11. The molecule has 2 bridgehead atoms. The molecule has 2 amide bonds. The number of halogens is 1. The zero-order valence-corrected chi connectivity index (χ0v) is 16.4. The third-order valence-corrected chi connectivity index (χ3v) is 6.62. The molecule has 0 aromatic heterocycles. The van der Waals surface area contributed by atoms with Crippen LogP contribution < -0.4 is 4.90 Å². The van der Waals surface area contributed by atoms with Crippen LogP contribution in [-0.2, 0) is 9.59 Å². The predicted octanol–water partition coefficient (Wildman–Crippen LogP) is 4.84. The van der Waals surface area contributed by atoms with Crippen LogP contribution in [0, 0.1) is 23.7 Å². The number of hydrogen-bond acceptors (Lipinski definition) is 2. The number of carbonyl (C=O) groups excluding carboxylic acids is 2. The average Bonchev–Trinajstić information content (AvgIpc) is 3.31. The number of rotatable bonds is 2. The molecule has 3 nitrogen and oxygen atoms in total. The first kappa shape index (κ1) is 16.7. The number of benzene rings is 2. The molecule has 0 unspecified atom stereocenters. The molecule has 2 aromatic rings. The van der Waals surface area contributed by atoms with Crippen LogP contribution in [0.25, 0.3) is 5.57 Å². The fraction of sp³-hybridized carbons (Fsp3) is 0.217. The van der Waals surface area contributed by atoms with Crippen molar-refractivity contribution < 1.29 is 9.59 Å². The van der Waals surface area contributed by atoms with Crippen LogP contribution in [0.5, 0.6) is 0 Å². The predicted molar refractivity (Wildman–Crippen MR) is 109 cm³/mol. The fourth-order valence-electron chi connectivity index (χ4n) is 4.99. The van der Waals surface area contributed by atoms with Crippen molar-refractivity contribution in [2.24, 2.45) is 23.7 Å². The standard InChI is InChI=1S/C23H18BrNO2/c1-13(14-6-3-2-4-7-14)19-17-10-11-18(19)21-20(17)22(26)25(23(21)27)16-9-5-8-15(24)12-16/h2-12,17-18,20-21H,1H3/t17-,18-,20+,21+/m1/s1. The van der Waals surface area contributed by atoms with Gasteiger partial charge in [-0.3, -0.25) is 9.59 Å². The second kappa shape index (κ2) is 6.03. The first-order valence-electron chi connectivity index (χ1n) is 9.15. The summed E-state index contributed by atoms with van der Waals surface area (Å²) in [5.41, 5.74) is 4.25. The summed E-state index contributed by atoms with van der Waals surface area (Å²) < 4.78 is 0.860. The molecular weight excluding hydrogens is 402 g/mol. The largest absolute Gasteiger partial charge is 0.274 e. The maximum atomic E-state index is 13.2. The number of fused-ring (bicyclic) bond motifs is 5. The van der Waals surface area contributed by atoms with Crippen LogP contribution in [0.2, 0.25) is 0 Å². The van der Waals surface area contributed by atoms with E-state index in [2.05, 4.69) is 47.1 Å². The van der Waals surface area contributed by atoms with Gasteiger partial charge in [-0.1, -0.05) is 70.1 Å². The minimum atomic E-state index is -0.278. The molecule has 2 fully saturated rings. The van der Waals surface area contributed by atoms with Gasteiger partial charge in [0, 0.05) is 16.3 Å². The van der Waals surface area contributed by atoms with Crippen LogP contribution >= 0.6 is 15.9 Å². The highest BCUT2D eigenvalue weighted by molar-refractivity contribution is 9.10. The molecule has 3 aliphatic rings. The highest BCUT2D eigenvalue weighted by Crippen LogP contribution is 2.58. The fourth-order valence-corrected chi connectivity index (χ4v) is 5.37. The molecule has 0 N–H and O–H groups in total. The van der Waals surface area contributed by atoms with E-state index < -0.39 is 0 Å². The zero-order valence-electron chi connectivity index (χ0n) is 14.8. The Bertz CT molecular complexity index is 990. The summed E-state index contributed by atoms with van der Waals surface area (Å²) >= 11 is 3.43. The van der Waals surface area contributed by atoms with Gasteiger partial charge in [-0.2, -0.15) is 0 Å². The molecule has 0 radical (unpaired) electrons. The van der Waals surface area contributed by atoms with Crippen molar-refractivity contribution in [2.45, 2.75) is 6.92 Å².